The number of methoxy groups -OCH3 is 1. The quantitative estimate of drug-likeness (QED) is 0.191. The third-order valence-corrected chi connectivity index (χ3v) is 10.7. The third kappa shape index (κ3) is 5.71. The number of aryl methyl sites for hydroxylation is 1. The Balaban J connectivity index is 1.24. The Morgan fingerprint density at radius 2 is 1.88 bits per heavy atom. The van der Waals surface area contributed by atoms with E-state index in [1.165, 1.54) is 43.5 Å². The van der Waals surface area contributed by atoms with Crippen molar-refractivity contribution in [3.8, 4) is 11.4 Å². The van der Waals surface area contributed by atoms with E-state index >= 15 is 4.39 Å². The van der Waals surface area contributed by atoms with E-state index in [4.69, 9.17) is 4.74 Å². The van der Waals surface area contributed by atoms with Gasteiger partial charge in [0.05, 0.1) is 53.7 Å². The molecule has 4 aromatic rings. The highest BCUT2D eigenvalue weighted by Gasteiger charge is 2.56. The van der Waals surface area contributed by atoms with Gasteiger partial charge in [0.25, 0.3) is 5.91 Å². The van der Waals surface area contributed by atoms with Gasteiger partial charge in [0.15, 0.2) is 0 Å². The number of likely N-dealkylation sites (N-methyl/N-ethyl adjacent to an activating group) is 1. The molecule has 2 aromatic carbocycles. The highest BCUT2D eigenvalue weighted by molar-refractivity contribution is 5.83. The summed E-state index contributed by atoms with van der Waals surface area (Å²) in [7, 11) is 2.90. The van der Waals surface area contributed by atoms with Crippen molar-refractivity contribution < 1.29 is 28.5 Å². The Morgan fingerprint density at radius 1 is 1.15 bits per heavy atom. The summed E-state index contributed by atoms with van der Waals surface area (Å²) in [5, 5.41) is 27.9. The standard InChI is InChI=1S/C38H42F2N4O4/c1-5-37-22-26-23-42-44(29-13-11-28(39)12-14-29)31(26)21-27(37)15-18-38(37,47)19-16-30-33(32(48-4)17-20-41-30)34(40)36(46)43(3)24(2)35(45)25-9-7-6-8-10-25/h6-14,17,20-21,23-24,34-35,45,47H,5,15-16,18-19,22H2,1-4H3/t24-,34?,35+,37+,38-/m1/s1. The van der Waals surface area contributed by atoms with Crippen LogP contribution in [0.3, 0.4) is 0 Å². The lowest BCUT2D eigenvalue weighted by atomic mass is 9.63. The van der Waals surface area contributed by atoms with Gasteiger partial charge in [-0.15, -0.1) is 0 Å². The molecule has 2 heterocycles. The van der Waals surface area contributed by atoms with E-state index in [9.17, 15) is 19.4 Å². The van der Waals surface area contributed by atoms with Crippen LogP contribution in [0.1, 0.15) is 79.9 Å². The normalized spacial score (nSPS) is 21.9. The average Bonchev–Trinajstić information content (AvgIpc) is 3.66. The van der Waals surface area contributed by atoms with Crippen molar-refractivity contribution >= 4 is 12.0 Å². The minimum absolute atomic E-state index is 0.0349. The molecule has 2 aliphatic carbocycles. The summed E-state index contributed by atoms with van der Waals surface area (Å²) in [6, 6.07) is 16.0. The van der Waals surface area contributed by atoms with Crippen molar-refractivity contribution in [3.63, 3.8) is 0 Å². The van der Waals surface area contributed by atoms with Crippen LogP contribution in [0.2, 0.25) is 0 Å². The van der Waals surface area contributed by atoms with Crippen molar-refractivity contribution in [2.24, 2.45) is 5.41 Å². The Morgan fingerprint density at radius 3 is 2.56 bits per heavy atom. The van der Waals surface area contributed by atoms with Gasteiger partial charge in [-0.05, 0) is 93.0 Å². The number of nitrogens with zero attached hydrogens (tertiary/aromatic N) is 4. The maximum atomic E-state index is 16.4. The summed E-state index contributed by atoms with van der Waals surface area (Å²) < 4.78 is 37.3. The number of aliphatic hydroxyl groups is 2. The molecular formula is C38H42F2N4O4. The number of hydrogen-bond donors (Lipinski definition) is 2. The van der Waals surface area contributed by atoms with E-state index in [0.717, 1.165) is 22.5 Å². The number of carbonyl (C=O) groups is 1. The Bertz CT molecular complexity index is 1810. The van der Waals surface area contributed by atoms with Crippen LogP contribution in [0, 0.1) is 11.2 Å². The van der Waals surface area contributed by atoms with Crippen LogP contribution in [0.15, 0.2) is 78.6 Å². The van der Waals surface area contributed by atoms with Gasteiger partial charge >= 0.3 is 0 Å². The molecule has 2 N–H and O–H groups in total. The fourth-order valence-corrected chi connectivity index (χ4v) is 7.73. The highest BCUT2D eigenvalue weighted by Crippen LogP contribution is 2.59. The molecule has 1 unspecified atom stereocenters. The van der Waals surface area contributed by atoms with Crippen LogP contribution in [0.4, 0.5) is 8.78 Å². The van der Waals surface area contributed by atoms with Crippen molar-refractivity contribution in [2.75, 3.05) is 14.2 Å². The fourth-order valence-electron chi connectivity index (χ4n) is 7.73. The zero-order chi connectivity index (χ0) is 34.2. The minimum atomic E-state index is -2.09. The second-order valence-electron chi connectivity index (χ2n) is 13.0. The van der Waals surface area contributed by atoms with Gasteiger partial charge in [-0.2, -0.15) is 5.10 Å². The lowest BCUT2D eigenvalue weighted by Crippen LogP contribution is -2.47. The lowest BCUT2D eigenvalue weighted by Gasteiger charge is -2.45. The number of hydrogen-bond acceptors (Lipinski definition) is 6. The van der Waals surface area contributed by atoms with Gasteiger partial charge in [0.2, 0.25) is 6.17 Å². The van der Waals surface area contributed by atoms with Crippen LogP contribution in [-0.2, 0) is 17.6 Å². The largest absolute Gasteiger partial charge is 0.496 e. The van der Waals surface area contributed by atoms with E-state index < -0.39 is 35.2 Å². The highest BCUT2D eigenvalue weighted by atomic mass is 19.1. The molecule has 6 rings (SSSR count). The molecule has 0 spiro atoms. The van der Waals surface area contributed by atoms with Crippen LogP contribution < -0.4 is 4.74 Å². The molecule has 1 fully saturated rings. The molecule has 2 aromatic heterocycles. The van der Waals surface area contributed by atoms with Crippen LogP contribution in [-0.4, -0.2) is 61.6 Å². The number of aromatic nitrogens is 3. The monoisotopic (exact) mass is 656 g/mol. The predicted octanol–water partition coefficient (Wildman–Crippen LogP) is 6.50. The number of rotatable bonds is 11. The van der Waals surface area contributed by atoms with E-state index in [-0.39, 0.29) is 23.6 Å². The predicted molar refractivity (Wildman–Crippen MR) is 179 cm³/mol. The number of pyridine rings is 1. The molecule has 252 valence electrons. The van der Waals surface area contributed by atoms with Crippen LogP contribution in [0.25, 0.3) is 11.8 Å². The van der Waals surface area contributed by atoms with Crippen molar-refractivity contribution in [3.05, 3.63) is 113 Å². The third-order valence-electron chi connectivity index (χ3n) is 10.7. The van der Waals surface area contributed by atoms with E-state index in [1.807, 2.05) is 12.3 Å². The summed E-state index contributed by atoms with van der Waals surface area (Å²) in [4.78, 5) is 19.3. The summed E-state index contributed by atoms with van der Waals surface area (Å²) >= 11 is 0. The number of carbonyl (C=O) groups excluding carboxylic acids is 1. The van der Waals surface area contributed by atoms with Crippen molar-refractivity contribution in [1.29, 1.82) is 0 Å². The van der Waals surface area contributed by atoms with Gasteiger partial charge < -0.3 is 19.8 Å². The number of aliphatic hydroxyl groups excluding tert-OH is 1. The van der Waals surface area contributed by atoms with E-state index in [2.05, 4.69) is 23.1 Å². The fraction of sp³-hybridized carbons (Fsp3) is 0.395. The maximum absolute atomic E-state index is 16.4. The SMILES string of the molecule is CC[C@]12Cc3cnn(-c4ccc(F)cc4)c3C=C1CC[C@@]2(O)CCc1nccc(OC)c1C(F)C(=O)N(C)[C@H](C)[C@H](O)c1ccccc1. The van der Waals surface area contributed by atoms with Crippen molar-refractivity contribution in [1.82, 2.24) is 19.7 Å². The van der Waals surface area contributed by atoms with Gasteiger partial charge in [-0.1, -0.05) is 42.8 Å². The first-order valence-corrected chi connectivity index (χ1v) is 16.5. The molecule has 5 atom stereocenters. The number of halogens is 2. The summed E-state index contributed by atoms with van der Waals surface area (Å²) in [6.45, 7) is 3.75. The Kier molecular flexibility index (Phi) is 9.24. The van der Waals surface area contributed by atoms with Crippen LogP contribution >= 0.6 is 0 Å². The first-order chi connectivity index (χ1) is 23.0. The molecule has 0 bridgehead atoms. The molecule has 0 aliphatic heterocycles. The molecule has 0 radical (unpaired) electrons. The number of amides is 1. The summed E-state index contributed by atoms with van der Waals surface area (Å²) in [5.74, 6) is -0.937. The smallest absolute Gasteiger partial charge is 0.262 e. The molecule has 2 aliphatic rings. The molecule has 10 heteroatoms. The number of ether oxygens (including phenoxy) is 1. The second kappa shape index (κ2) is 13.2. The number of benzene rings is 2. The van der Waals surface area contributed by atoms with Gasteiger partial charge in [0.1, 0.15) is 11.6 Å². The molecule has 0 saturated heterocycles. The Labute approximate surface area is 279 Å². The topological polar surface area (TPSA) is 101 Å². The zero-order valence-electron chi connectivity index (χ0n) is 27.7. The molecule has 8 nitrogen and oxygen atoms in total. The first kappa shape index (κ1) is 33.5. The first-order valence-electron chi connectivity index (χ1n) is 16.5. The van der Waals surface area contributed by atoms with Gasteiger partial charge in [-0.25, -0.2) is 13.5 Å². The van der Waals surface area contributed by atoms with E-state index in [0.29, 0.717) is 43.4 Å². The average molecular weight is 657 g/mol. The molecule has 48 heavy (non-hydrogen) atoms. The second-order valence-corrected chi connectivity index (χ2v) is 13.0. The molecular weight excluding hydrogens is 614 g/mol. The molecule has 1 saturated carbocycles. The van der Waals surface area contributed by atoms with Gasteiger partial charge in [-0.3, -0.25) is 9.78 Å². The maximum Gasteiger partial charge on any atom is 0.262 e. The minimum Gasteiger partial charge on any atom is -0.496 e. The van der Waals surface area contributed by atoms with Gasteiger partial charge in [0, 0.05) is 18.7 Å². The van der Waals surface area contributed by atoms with E-state index in [1.54, 1.807) is 48.0 Å². The summed E-state index contributed by atoms with van der Waals surface area (Å²) in [5.41, 5.74) is 3.15. The number of alkyl halides is 1. The Hall–Kier alpha value is -4.41. The molecule has 1 amide bonds. The summed E-state index contributed by atoms with van der Waals surface area (Å²) in [6.07, 6.45) is 5.35. The van der Waals surface area contributed by atoms with Crippen molar-refractivity contribution in [2.45, 2.75) is 76.3 Å². The number of fused-ring (bicyclic) bond motifs is 2. The lowest BCUT2D eigenvalue weighted by molar-refractivity contribution is -0.139. The zero-order valence-corrected chi connectivity index (χ0v) is 27.7. The van der Waals surface area contributed by atoms with Crippen LogP contribution in [0.5, 0.6) is 5.75 Å².